The molecule has 0 amide bonds. The number of anilines is 3. The molecule has 0 aliphatic rings. The van der Waals surface area contributed by atoms with Crippen LogP contribution in [0.4, 0.5) is 61.0 Å². The van der Waals surface area contributed by atoms with Gasteiger partial charge in [-0.25, -0.2) is 43.9 Å². The van der Waals surface area contributed by atoms with E-state index >= 15 is 0 Å². The predicted molar refractivity (Wildman–Crippen MR) is 85.2 cm³/mol. The number of benzene rings is 3. The molecule has 31 heavy (non-hydrogen) atoms. The van der Waals surface area contributed by atoms with E-state index in [2.05, 4.69) is 6.92 Å². The van der Waals surface area contributed by atoms with Crippen molar-refractivity contribution in [1.29, 1.82) is 0 Å². The van der Waals surface area contributed by atoms with Gasteiger partial charge in [0.25, 0.3) is 0 Å². The zero-order chi connectivity index (χ0) is 22.5. The van der Waals surface area contributed by atoms with E-state index in [0.717, 1.165) is 18.2 Å². The summed E-state index contributed by atoms with van der Waals surface area (Å²) < 4.78 is 139. The quantitative estimate of drug-likeness (QED) is 0.195. The van der Waals surface area contributed by atoms with Gasteiger partial charge in [-0.2, -0.15) is 18.6 Å². The molecule has 1 nitrogen and oxygen atoms in total. The van der Waals surface area contributed by atoms with E-state index in [4.69, 9.17) is 0 Å². The van der Waals surface area contributed by atoms with E-state index in [1.165, 1.54) is 6.07 Å². The molecule has 0 aliphatic carbocycles. The van der Waals surface area contributed by atoms with Gasteiger partial charge in [-0.15, -0.1) is 6.07 Å². The third-order valence-corrected chi connectivity index (χ3v) is 4.05. The summed E-state index contributed by atoms with van der Waals surface area (Å²) in [7, 11) is 0. The molecular weight excluding hydrogens is 439 g/mol. The van der Waals surface area contributed by atoms with E-state index in [1.54, 1.807) is 0 Å². The van der Waals surface area contributed by atoms with Crippen LogP contribution < -0.4 is 23.8 Å². The summed E-state index contributed by atoms with van der Waals surface area (Å²) in [5, 5.41) is 0. The Morgan fingerprint density at radius 1 is 0.484 bits per heavy atom. The van der Waals surface area contributed by atoms with E-state index in [-0.39, 0.29) is 29.3 Å². The second-order valence-electron chi connectivity index (χ2n) is 5.80. The van der Waals surface area contributed by atoms with E-state index in [1.807, 2.05) is 0 Å². The number of hydrogen-bond acceptors (Lipinski definition) is 1. The van der Waals surface area contributed by atoms with Crippen molar-refractivity contribution in [3.8, 4) is 0 Å². The molecule has 0 aliphatic heterocycles. The van der Waals surface area contributed by atoms with E-state index in [9.17, 15) is 43.9 Å². The zero-order valence-corrected chi connectivity index (χ0v) is 15.2. The van der Waals surface area contributed by atoms with Crippen molar-refractivity contribution in [3.05, 3.63) is 94.9 Å². The van der Waals surface area contributed by atoms with Crippen molar-refractivity contribution < 1.29 is 62.8 Å². The molecule has 0 radical (unpaired) electrons. The van der Waals surface area contributed by atoms with Gasteiger partial charge < -0.3 is 4.90 Å². The van der Waals surface area contributed by atoms with Gasteiger partial charge in [-0.1, -0.05) is 17.8 Å². The summed E-state index contributed by atoms with van der Waals surface area (Å²) in [6.07, 6.45) is 0. The average Bonchev–Trinajstić information content (AvgIpc) is 2.73. The number of rotatable bonds is 3. The van der Waals surface area contributed by atoms with Gasteiger partial charge in [0.05, 0.1) is 0 Å². The molecule has 0 fully saturated rings. The topological polar surface area (TPSA) is 3.24 Å². The third-order valence-electron chi connectivity index (χ3n) is 4.05. The van der Waals surface area contributed by atoms with E-state index < -0.39 is 75.2 Å². The SMILES string of the molecule is [CH2-]c1ccccc1N(c1c(F)c(F)c(F)c(F)c1F)c1c(F)c(F)c(F)c(F)c1F.[Li+]. The van der Waals surface area contributed by atoms with Crippen molar-refractivity contribution in [2.24, 2.45) is 0 Å². The second kappa shape index (κ2) is 8.76. The van der Waals surface area contributed by atoms with Crippen molar-refractivity contribution in [3.63, 3.8) is 0 Å². The Morgan fingerprint density at radius 3 is 1.10 bits per heavy atom. The van der Waals surface area contributed by atoms with Gasteiger partial charge in [0, 0.05) is 0 Å². The van der Waals surface area contributed by atoms with Crippen molar-refractivity contribution in [1.82, 2.24) is 0 Å². The fourth-order valence-corrected chi connectivity index (χ4v) is 2.66. The van der Waals surface area contributed by atoms with Crippen LogP contribution in [0.3, 0.4) is 0 Å². The molecule has 3 rings (SSSR count). The molecule has 0 spiro atoms. The zero-order valence-electron chi connectivity index (χ0n) is 15.2. The minimum atomic E-state index is -2.59. The van der Waals surface area contributed by atoms with Crippen LogP contribution >= 0.6 is 0 Å². The maximum atomic E-state index is 14.4. The molecule has 158 valence electrons. The molecule has 0 heterocycles. The Bertz CT molecular complexity index is 1050. The average molecular weight is 445 g/mol. The molecular formula is C19H6F10LiN. The summed E-state index contributed by atoms with van der Waals surface area (Å²) in [4.78, 5) is -0.311. The summed E-state index contributed by atoms with van der Waals surface area (Å²) >= 11 is 0. The first kappa shape index (κ1) is 24.5. The van der Waals surface area contributed by atoms with Crippen molar-refractivity contribution in [2.75, 3.05) is 4.90 Å². The summed E-state index contributed by atoms with van der Waals surface area (Å²) in [5.74, 6) is -25.5. The summed E-state index contributed by atoms with van der Waals surface area (Å²) in [6.45, 7) is 3.38. The first-order valence-electron chi connectivity index (χ1n) is 7.74. The van der Waals surface area contributed by atoms with Crippen LogP contribution in [0.25, 0.3) is 0 Å². The Morgan fingerprint density at radius 2 is 0.774 bits per heavy atom. The van der Waals surface area contributed by atoms with Crippen LogP contribution in [0.5, 0.6) is 0 Å². The van der Waals surface area contributed by atoms with Gasteiger partial charge in [0.2, 0.25) is 11.6 Å². The molecule has 0 saturated heterocycles. The normalized spacial score (nSPS) is 10.8. The Hall–Kier alpha value is -2.77. The molecule has 3 aromatic rings. The number of para-hydroxylation sites is 1. The fraction of sp³-hybridized carbons (Fsp3) is 0. The van der Waals surface area contributed by atoms with E-state index in [0.29, 0.717) is 0 Å². The first-order valence-corrected chi connectivity index (χ1v) is 7.74. The smallest absolute Gasteiger partial charge is 0.355 e. The summed E-state index contributed by atoms with van der Waals surface area (Å²) in [5.41, 5.74) is -4.95. The molecule has 12 heteroatoms. The monoisotopic (exact) mass is 445 g/mol. The van der Waals surface area contributed by atoms with Gasteiger partial charge >= 0.3 is 18.9 Å². The number of nitrogens with zero attached hydrogens (tertiary/aromatic N) is 1. The fourth-order valence-electron chi connectivity index (χ4n) is 2.66. The predicted octanol–water partition coefficient (Wildman–Crippen LogP) is 3.73. The van der Waals surface area contributed by atoms with Crippen LogP contribution in [0.2, 0.25) is 0 Å². The van der Waals surface area contributed by atoms with Crippen molar-refractivity contribution in [2.45, 2.75) is 0 Å². The Balaban J connectivity index is 0.00000341. The van der Waals surface area contributed by atoms with Crippen LogP contribution in [0.1, 0.15) is 5.56 Å². The third kappa shape index (κ3) is 3.72. The minimum absolute atomic E-state index is 0. The van der Waals surface area contributed by atoms with Crippen LogP contribution in [0.15, 0.2) is 24.3 Å². The van der Waals surface area contributed by atoms with Gasteiger partial charge in [-0.05, 0) is 0 Å². The maximum absolute atomic E-state index is 14.4. The molecule has 0 unspecified atom stereocenters. The molecule has 0 N–H and O–H groups in total. The largest absolute Gasteiger partial charge is 1.00 e. The molecule has 3 aromatic carbocycles. The standard InChI is InChI=1S/C19H6F10N.Li/c1-6-4-2-3-5-7(6)30(18-14(26)10(22)8(20)11(23)15(18)27)19-16(28)12(24)9(21)13(25)17(19)29;/h2-5H,1H2;/q-1;+1. The molecule has 0 saturated carbocycles. The first-order chi connectivity index (χ1) is 14.0. The summed E-state index contributed by atoms with van der Waals surface area (Å²) in [6, 6.07) is 4.34. The van der Waals surface area contributed by atoms with Gasteiger partial charge in [0.15, 0.2) is 46.5 Å². The Kier molecular flexibility index (Phi) is 6.93. The van der Waals surface area contributed by atoms with Gasteiger partial charge in [-0.3, -0.25) is 0 Å². The minimum Gasteiger partial charge on any atom is -0.355 e. The molecule has 0 atom stereocenters. The number of hydrogen-bond donors (Lipinski definition) is 0. The number of halogens is 10. The van der Waals surface area contributed by atoms with Gasteiger partial charge in [0.1, 0.15) is 11.4 Å². The Labute approximate surface area is 180 Å². The maximum Gasteiger partial charge on any atom is 1.00 e. The molecule has 0 bridgehead atoms. The van der Waals surface area contributed by atoms with Crippen LogP contribution in [-0.4, -0.2) is 0 Å². The van der Waals surface area contributed by atoms with Crippen LogP contribution in [0, 0.1) is 65.1 Å². The second-order valence-corrected chi connectivity index (χ2v) is 5.80. The van der Waals surface area contributed by atoms with Crippen molar-refractivity contribution >= 4 is 17.1 Å². The molecule has 0 aromatic heterocycles. The van der Waals surface area contributed by atoms with Crippen LogP contribution in [-0.2, 0) is 0 Å².